The number of carbonyl (C=O) groups is 2. The number of benzene rings is 2. The first-order valence-electron chi connectivity index (χ1n) is 8.51. The van der Waals surface area contributed by atoms with Crippen LogP contribution < -0.4 is 14.8 Å². The normalized spacial score (nSPS) is 16.2. The second-order valence-electron chi connectivity index (χ2n) is 5.64. The van der Waals surface area contributed by atoms with Gasteiger partial charge in [0.25, 0.3) is 5.91 Å². The van der Waals surface area contributed by atoms with Crippen LogP contribution in [0.1, 0.15) is 12.5 Å². The molecule has 144 valence electrons. The third kappa shape index (κ3) is 5.14. The van der Waals surface area contributed by atoms with Crippen LogP contribution in [0.3, 0.4) is 0 Å². The third-order valence-corrected chi connectivity index (χ3v) is 4.46. The SMILES string of the molecule is CCOc1cc(C=C2SC(=Nc3ccccc3)NC2=O)ccc1OCC(=O)O. The van der Waals surface area contributed by atoms with Crippen molar-refractivity contribution in [2.24, 2.45) is 4.99 Å². The van der Waals surface area contributed by atoms with Gasteiger partial charge in [-0.2, -0.15) is 0 Å². The molecule has 28 heavy (non-hydrogen) atoms. The summed E-state index contributed by atoms with van der Waals surface area (Å²) in [6.45, 7) is 1.75. The molecule has 0 bridgehead atoms. The minimum atomic E-state index is -1.07. The van der Waals surface area contributed by atoms with Gasteiger partial charge in [-0.15, -0.1) is 0 Å². The number of amidine groups is 1. The van der Waals surface area contributed by atoms with Gasteiger partial charge in [0.1, 0.15) is 0 Å². The molecule has 2 aromatic carbocycles. The largest absolute Gasteiger partial charge is 0.490 e. The Balaban J connectivity index is 1.80. The molecule has 1 aliphatic rings. The molecule has 7 nitrogen and oxygen atoms in total. The zero-order chi connectivity index (χ0) is 19.9. The van der Waals surface area contributed by atoms with Gasteiger partial charge in [0, 0.05) is 0 Å². The Labute approximate surface area is 166 Å². The van der Waals surface area contributed by atoms with E-state index in [0.29, 0.717) is 28.2 Å². The van der Waals surface area contributed by atoms with Crippen LogP contribution >= 0.6 is 11.8 Å². The second kappa shape index (κ2) is 9.09. The van der Waals surface area contributed by atoms with E-state index < -0.39 is 12.6 Å². The van der Waals surface area contributed by atoms with Gasteiger partial charge in [-0.25, -0.2) is 9.79 Å². The Hall–Kier alpha value is -3.26. The van der Waals surface area contributed by atoms with Gasteiger partial charge in [0.15, 0.2) is 23.3 Å². The first-order chi connectivity index (χ1) is 13.5. The molecule has 3 rings (SSSR count). The maximum Gasteiger partial charge on any atom is 0.341 e. The fraction of sp³-hybridized carbons (Fsp3) is 0.150. The molecule has 0 aliphatic carbocycles. The van der Waals surface area contributed by atoms with Crippen molar-refractivity contribution in [3.8, 4) is 11.5 Å². The monoisotopic (exact) mass is 398 g/mol. The molecule has 1 aliphatic heterocycles. The van der Waals surface area contributed by atoms with Crippen LogP contribution in [0, 0.1) is 0 Å². The van der Waals surface area contributed by atoms with Gasteiger partial charge in [-0.05, 0) is 54.6 Å². The highest BCUT2D eigenvalue weighted by atomic mass is 32.2. The molecular formula is C20H18N2O5S. The van der Waals surface area contributed by atoms with Gasteiger partial charge >= 0.3 is 5.97 Å². The number of thioether (sulfide) groups is 1. The van der Waals surface area contributed by atoms with Crippen LogP contribution in [0.25, 0.3) is 6.08 Å². The number of aliphatic carboxylic acids is 1. The molecule has 0 atom stereocenters. The van der Waals surface area contributed by atoms with E-state index in [2.05, 4.69) is 10.3 Å². The quantitative estimate of drug-likeness (QED) is 0.694. The summed E-state index contributed by atoms with van der Waals surface area (Å²) in [6.07, 6.45) is 1.72. The molecule has 0 radical (unpaired) electrons. The number of hydrogen-bond acceptors (Lipinski definition) is 6. The second-order valence-corrected chi connectivity index (χ2v) is 6.67. The zero-order valence-electron chi connectivity index (χ0n) is 15.0. The van der Waals surface area contributed by atoms with Gasteiger partial charge in [-0.1, -0.05) is 24.3 Å². The molecule has 2 aromatic rings. The Kier molecular flexibility index (Phi) is 6.33. The van der Waals surface area contributed by atoms with E-state index in [0.717, 1.165) is 11.3 Å². The van der Waals surface area contributed by atoms with Gasteiger partial charge in [0.2, 0.25) is 0 Å². The standard InChI is InChI=1S/C20H18N2O5S/c1-2-26-16-10-13(8-9-15(16)27-12-18(23)24)11-17-19(25)22-20(28-17)21-14-6-4-3-5-7-14/h3-11H,2,12H2,1H3,(H,23,24)(H,21,22,25). The van der Waals surface area contributed by atoms with E-state index >= 15 is 0 Å². The first kappa shape index (κ1) is 19.5. The number of amides is 1. The van der Waals surface area contributed by atoms with Crippen molar-refractivity contribution in [2.45, 2.75) is 6.92 Å². The van der Waals surface area contributed by atoms with E-state index in [1.807, 2.05) is 37.3 Å². The number of carboxylic acids is 1. The number of hydrogen-bond donors (Lipinski definition) is 2. The van der Waals surface area contributed by atoms with Crippen LogP contribution in [0.15, 0.2) is 58.4 Å². The molecular weight excluding hydrogens is 380 g/mol. The number of carbonyl (C=O) groups excluding carboxylic acids is 1. The summed E-state index contributed by atoms with van der Waals surface area (Å²) in [5, 5.41) is 12.0. The summed E-state index contributed by atoms with van der Waals surface area (Å²) in [5.74, 6) is -0.553. The predicted molar refractivity (Wildman–Crippen MR) is 108 cm³/mol. The predicted octanol–water partition coefficient (Wildman–Crippen LogP) is 3.44. The van der Waals surface area contributed by atoms with Crippen LogP contribution in [0.5, 0.6) is 11.5 Å². The number of ether oxygens (including phenoxy) is 2. The van der Waals surface area contributed by atoms with Crippen molar-refractivity contribution >= 4 is 40.6 Å². The van der Waals surface area contributed by atoms with Crippen LogP contribution in [-0.4, -0.2) is 35.4 Å². The Morgan fingerprint density at radius 3 is 2.68 bits per heavy atom. The molecule has 0 spiro atoms. The van der Waals surface area contributed by atoms with Gasteiger partial charge in [-0.3, -0.25) is 4.79 Å². The third-order valence-electron chi connectivity index (χ3n) is 3.55. The number of para-hydroxylation sites is 1. The van der Waals surface area contributed by atoms with Crippen molar-refractivity contribution < 1.29 is 24.2 Å². The van der Waals surface area contributed by atoms with Crippen molar-refractivity contribution in [1.82, 2.24) is 5.32 Å². The summed E-state index contributed by atoms with van der Waals surface area (Å²) >= 11 is 1.25. The Morgan fingerprint density at radius 2 is 1.96 bits per heavy atom. The lowest BCUT2D eigenvalue weighted by atomic mass is 10.2. The molecule has 0 saturated carbocycles. The van der Waals surface area contributed by atoms with Crippen molar-refractivity contribution in [3.05, 3.63) is 59.0 Å². The average molecular weight is 398 g/mol. The molecule has 1 saturated heterocycles. The van der Waals surface area contributed by atoms with E-state index in [9.17, 15) is 9.59 Å². The molecule has 8 heteroatoms. The van der Waals surface area contributed by atoms with E-state index in [-0.39, 0.29) is 5.91 Å². The number of rotatable bonds is 7. The maximum absolute atomic E-state index is 12.2. The van der Waals surface area contributed by atoms with Crippen LogP contribution in [-0.2, 0) is 9.59 Å². The summed E-state index contributed by atoms with van der Waals surface area (Å²) in [6, 6.07) is 14.4. The van der Waals surface area contributed by atoms with E-state index in [1.165, 1.54) is 11.8 Å². The lowest BCUT2D eigenvalue weighted by Crippen LogP contribution is -2.19. The smallest absolute Gasteiger partial charge is 0.341 e. The lowest BCUT2D eigenvalue weighted by Gasteiger charge is -2.11. The minimum absolute atomic E-state index is 0.233. The van der Waals surface area contributed by atoms with Crippen LogP contribution in [0.2, 0.25) is 0 Å². The summed E-state index contributed by atoms with van der Waals surface area (Å²) in [5.41, 5.74) is 1.48. The summed E-state index contributed by atoms with van der Waals surface area (Å²) < 4.78 is 10.8. The molecule has 0 aromatic heterocycles. The highest BCUT2D eigenvalue weighted by Crippen LogP contribution is 2.32. The Morgan fingerprint density at radius 1 is 1.18 bits per heavy atom. The molecule has 1 amide bonds. The molecule has 2 N–H and O–H groups in total. The molecule has 1 heterocycles. The minimum Gasteiger partial charge on any atom is -0.490 e. The van der Waals surface area contributed by atoms with Gasteiger partial charge < -0.3 is 19.9 Å². The van der Waals surface area contributed by atoms with Gasteiger partial charge in [0.05, 0.1) is 17.2 Å². The fourth-order valence-electron chi connectivity index (χ4n) is 2.39. The number of nitrogens with zero attached hydrogens (tertiary/aromatic N) is 1. The van der Waals surface area contributed by atoms with Crippen LogP contribution in [0.4, 0.5) is 5.69 Å². The highest BCUT2D eigenvalue weighted by molar-refractivity contribution is 8.18. The van der Waals surface area contributed by atoms with Crippen molar-refractivity contribution in [3.63, 3.8) is 0 Å². The Bertz CT molecular complexity index is 941. The van der Waals surface area contributed by atoms with Crippen molar-refractivity contribution in [2.75, 3.05) is 13.2 Å². The lowest BCUT2D eigenvalue weighted by molar-refractivity contribution is -0.139. The maximum atomic E-state index is 12.2. The van der Waals surface area contributed by atoms with E-state index in [1.54, 1.807) is 24.3 Å². The number of nitrogens with one attached hydrogen (secondary N) is 1. The summed E-state index contributed by atoms with van der Waals surface area (Å²) in [7, 11) is 0. The zero-order valence-corrected chi connectivity index (χ0v) is 15.9. The highest BCUT2D eigenvalue weighted by Gasteiger charge is 2.24. The molecule has 1 fully saturated rings. The average Bonchev–Trinajstić information content (AvgIpc) is 3.01. The van der Waals surface area contributed by atoms with E-state index in [4.69, 9.17) is 14.6 Å². The number of aliphatic imine (C=N–C) groups is 1. The van der Waals surface area contributed by atoms with Crippen molar-refractivity contribution in [1.29, 1.82) is 0 Å². The first-order valence-corrected chi connectivity index (χ1v) is 9.33. The summed E-state index contributed by atoms with van der Waals surface area (Å²) in [4.78, 5) is 27.8. The molecule has 0 unspecified atom stereocenters. The topological polar surface area (TPSA) is 97.2 Å². The number of carboxylic acid groups (broad SMARTS) is 1. The fourth-order valence-corrected chi connectivity index (χ4v) is 3.23.